The molecule has 1 saturated carbocycles. The fourth-order valence-corrected chi connectivity index (χ4v) is 1.51. The maximum Gasteiger partial charge on any atom is 0.136 e. The first-order chi connectivity index (χ1) is 7.50. The highest BCUT2D eigenvalue weighted by Crippen LogP contribution is 2.38. The zero-order valence-electron chi connectivity index (χ0n) is 10.2. The third-order valence-electron chi connectivity index (χ3n) is 3.06. The van der Waals surface area contributed by atoms with Gasteiger partial charge in [0.25, 0.3) is 0 Å². The number of hydrogen-bond acceptors (Lipinski definition) is 4. The van der Waals surface area contributed by atoms with E-state index in [4.69, 9.17) is 5.73 Å². The first kappa shape index (κ1) is 11.2. The second-order valence-electron chi connectivity index (χ2n) is 5.17. The van der Waals surface area contributed by atoms with E-state index in [0.29, 0.717) is 11.7 Å². The molecule has 0 aliphatic heterocycles. The maximum atomic E-state index is 5.79. The van der Waals surface area contributed by atoms with E-state index in [1.807, 2.05) is 6.07 Å². The summed E-state index contributed by atoms with van der Waals surface area (Å²) in [7, 11) is 0. The molecule has 0 saturated heterocycles. The van der Waals surface area contributed by atoms with Gasteiger partial charge in [0.05, 0.1) is 0 Å². The summed E-state index contributed by atoms with van der Waals surface area (Å²) in [5.41, 5.74) is 5.84. The van der Waals surface area contributed by atoms with Gasteiger partial charge in [-0.2, -0.15) is 0 Å². The molecular formula is C12H20N4. The van der Waals surface area contributed by atoms with E-state index in [0.717, 1.165) is 18.1 Å². The third kappa shape index (κ3) is 2.62. The number of nitrogens with zero attached hydrogens (tertiary/aromatic N) is 2. The Balaban J connectivity index is 2.20. The van der Waals surface area contributed by atoms with Gasteiger partial charge in [0.2, 0.25) is 0 Å². The molecule has 1 fully saturated rings. The van der Waals surface area contributed by atoms with Gasteiger partial charge in [0.15, 0.2) is 0 Å². The molecule has 1 aromatic rings. The monoisotopic (exact) mass is 220 g/mol. The van der Waals surface area contributed by atoms with Gasteiger partial charge in [-0.3, -0.25) is 0 Å². The Labute approximate surface area is 96.7 Å². The lowest BCUT2D eigenvalue weighted by Crippen LogP contribution is -2.30. The minimum Gasteiger partial charge on any atom is -0.384 e. The van der Waals surface area contributed by atoms with Crippen LogP contribution in [-0.2, 0) is 0 Å². The maximum absolute atomic E-state index is 5.79. The summed E-state index contributed by atoms with van der Waals surface area (Å²) in [5, 5.41) is 3.40. The average Bonchev–Trinajstić information content (AvgIpc) is 2.99. The number of aromatic nitrogens is 2. The molecule has 1 aliphatic rings. The SMILES string of the molecule is CCC(C)(C)Nc1cc(N)nc(C2CC2)n1. The number of rotatable bonds is 4. The number of anilines is 2. The van der Waals surface area contributed by atoms with Crippen molar-refractivity contribution in [2.45, 2.75) is 51.5 Å². The number of nitrogens with one attached hydrogen (secondary N) is 1. The summed E-state index contributed by atoms with van der Waals surface area (Å²) in [4.78, 5) is 8.80. The number of nitrogen functional groups attached to an aromatic ring is 1. The van der Waals surface area contributed by atoms with Crippen LogP contribution in [0.4, 0.5) is 11.6 Å². The fourth-order valence-electron chi connectivity index (χ4n) is 1.51. The molecule has 4 heteroatoms. The Morgan fingerprint density at radius 1 is 1.44 bits per heavy atom. The first-order valence-corrected chi connectivity index (χ1v) is 5.93. The molecule has 0 bridgehead atoms. The molecule has 0 spiro atoms. The molecule has 0 atom stereocenters. The van der Waals surface area contributed by atoms with Crippen molar-refractivity contribution < 1.29 is 0 Å². The highest BCUT2D eigenvalue weighted by atomic mass is 15.1. The van der Waals surface area contributed by atoms with E-state index < -0.39 is 0 Å². The molecule has 1 aromatic heterocycles. The molecule has 88 valence electrons. The topological polar surface area (TPSA) is 63.8 Å². The second kappa shape index (κ2) is 3.92. The molecule has 0 radical (unpaired) electrons. The minimum absolute atomic E-state index is 0.0433. The summed E-state index contributed by atoms with van der Waals surface area (Å²) >= 11 is 0. The van der Waals surface area contributed by atoms with Crippen LogP contribution < -0.4 is 11.1 Å². The van der Waals surface area contributed by atoms with Gasteiger partial charge in [-0.05, 0) is 33.1 Å². The lowest BCUT2D eigenvalue weighted by molar-refractivity contribution is 0.544. The van der Waals surface area contributed by atoms with Gasteiger partial charge in [0, 0.05) is 17.5 Å². The van der Waals surface area contributed by atoms with Crippen molar-refractivity contribution in [3.8, 4) is 0 Å². The Hall–Kier alpha value is -1.32. The van der Waals surface area contributed by atoms with E-state index in [2.05, 4.69) is 36.1 Å². The van der Waals surface area contributed by atoms with E-state index >= 15 is 0 Å². The summed E-state index contributed by atoms with van der Waals surface area (Å²) < 4.78 is 0. The molecule has 1 aliphatic carbocycles. The van der Waals surface area contributed by atoms with Gasteiger partial charge in [0.1, 0.15) is 17.5 Å². The summed E-state index contributed by atoms with van der Waals surface area (Å²) in [6.45, 7) is 6.46. The van der Waals surface area contributed by atoms with Crippen molar-refractivity contribution >= 4 is 11.6 Å². The van der Waals surface area contributed by atoms with E-state index in [1.54, 1.807) is 0 Å². The van der Waals surface area contributed by atoms with Crippen molar-refractivity contribution in [1.82, 2.24) is 9.97 Å². The van der Waals surface area contributed by atoms with Crippen molar-refractivity contribution in [1.29, 1.82) is 0 Å². The first-order valence-electron chi connectivity index (χ1n) is 5.93. The van der Waals surface area contributed by atoms with Crippen LogP contribution in [0.2, 0.25) is 0 Å². The van der Waals surface area contributed by atoms with Crippen LogP contribution >= 0.6 is 0 Å². The van der Waals surface area contributed by atoms with Crippen molar-refractivity contribution in [3.63, 3.8) is 0 Å². The predicted octanol–water partition coefficient (Wildman–Crippen LogP) is 2.54. The zero-order valence-corrected chi connectivity index (χ0v) is 10.2. The predicted molar refractivity (Wildman–Crippen MR) is 66.4 cm³/mol. The van der Waals surface area contributed by atoms with E-state index in [-0.39, 0.29) is 5.54 Å². The van der Waals surface area contributed by atoms with Crippen molar-refractivity contribution in [3.05, 3.63) is 11.9 Å². The van der Waals surface area contributed by atoms with Crippen LogP contribution in [0.25, 0.3) is 0 Å². The Kier molecular flexibility index (Phi) is 2.74. The number of nitrogens with two attached hydrogens (primary N) is 1. The molecule has 0 aromatic carbocycles. The van der Waals surface area contributed by atoms with Crippen LogP contribution in [0.15, 0.2) is 6.07 Å². The standard InChI is InChI=1S/C12H20N4/c1-4-12(2,3)16-10-7-9(13)14-11(15-10)8-5-6-8/h7-8H,4-6H2,1-3H3,(H3,13,14,15,16). The summed E-state index contributed by atoms with van der Waals surface area (Å²) in [6, 6.07) is 1.81. The van der Waals surface area contributed by atoms with Gasteiger partial charge < -0.3 is 11.1 Å². The largest absolute Gasteiger partial charge is 0.384 e. The normalized spacial score (nSPS) is 16.2. The Bertz CT molecular complexity index is 383. The lowest BCUT2D eigenvalue weighted by Gasteiger charge is -2.25. The van der Waals surface area contributed by atoms with E-state index in [9.17, 15) is 0 Å². The molecule has 2 rings (SSSR count). The minimum atomic E-state index is 0.0433. The van der Waals surface area contributed by atoms with Gasteiger partial charge in [-0.25, -0.2) is 9.97 Å². The van der Waals surface area contributed by atoms with Gasteiger partial charge in [-0.15, -0.1) is 0 Å². The van der Waals surface area contributed by atoms with Crippen LogP contribution in [-0.4, -0.2) is 15.5 Å². The highest BCUT2D eigenvalue weighted by Gasteiger charge is 2.27. The summed E-state index contributed by atoms with van der Waals surface area (Å²) in [6.07, 6.45) is 3.43. The lowest BCUT2D eigenvalue weighted by atomic mass is 10.0. The van der Waals surface area contributed by atoms with Crippen molar-refractivity contribution in [2.24, 2.45) is 0 Å². The van der Waals surface area contributed by atoms with Crippen molar-refractivity contribution in [2.75, 3.05) is 11.1 Å². The van der Waals surface area contributed by atoms with Gasteiger partial charge in [-0.1, -0.05) is 6.92 Å². The van der Waals surface area contributed by atoms with E-state index in [1.165, 1.54) is 12.8 Å². The molecule has 0 unspecified atom stereocenters. The molecule has 0 amide bonds. The smallest absolute Gasteiger partial charge is 0.136 e. The molecule has 3 N–H and O–H groups in total. The molecule has 1 heterocycles. The summed E-state index contributed by atoms with van der Waals surface area (Å²) in [5.74, 6) is 2.84. The second-order valence-corrected chi connectivity index (χ2v) is 5.17. The third-order valence-corrected chi connectivity index (χ3v) is 3.06. The molecule has 16 heavy (non-hydrogen) atoms. The quantitative estimate of drug-likeness (QED) is 0.818. The highest BCUT2D eigenvalue weighted by molar-refractivity contribution is 5.46. The van der Waals surface area contributed by atoms with Crippen LogP contribution in [0, 0.1) is 0 Å². The Morgan fingerprint density at radius 2 is 2.12 bits per heavy atom. The molecule has 4 nitrogen and oxygen atoms in total. The zero-order chi connectivity index (χ0) is 11.8. The number of hydrogen-bond donors (Lipinski definition) is 2. The average molecular weight is 220 g/mol. The Morgan fingerprint density at radius 3 is 2.69 bits per heavy atom. The van der Waals surface area contributed by atoms with Gasteiger partial charge >= 0.3 is 0 Å². The van der Waals surface area contributed by atoms with Crippen LogP contribution in [0.1, 0.15) is 51.8 Å². The van der Waals surface area contributed by atoms with Crippen LogP contribution in [0.3, 0.4) is 0 Å². The van der Waals surface area contributed by atoms with Crippen LogP contribution in [0.5, 0.6) is 0 Å². The fraction of sp³-hybridized carbons (Fsp3) is 0.667. The molecular weight excluding hydrogens is 200 g/mol.